The number of aliphatic hydroxyl groups is 1. The maximum atomic E-state index is 10.2. The number of anilines is 1. The number of hydrogen-bond donors (Lipinski definition) is 2. The van der Waals surface area contributed by atoms with Crippen molar-refractivity contribution < 1.29 is 5.11 Å². The van der Waals surface area contributed by atoms with Crippen molar-refractivity contribution in [3.63, 3.8) is 0 Å². The molecule has 7 heteroatoms. The third kappa shape index (κ3) is 2.02. The van der Waals surface area contributed by atoms with Crippen molar-refractivity contribution in [2.24, 2.45) is 0 Å². The van der Waals surface area contributed by atoms with Crippen LogP contribution < -0.4 is 4.90 Å². The van der Waals surface area contributed by atoms with Crippen LogP contribution in [0.25, 0.3) is 11.0 Å². The number of nitrogens with one attached hydrogen (secondary N) is 1. The summed E-state index contributed by atoms with van der Waals surface area (Å²) < 4.78 is 0. The molecule has 1 aliphatic rings. The number of aromatic amines is 1. The topological polar surface area (TPSA) is 77.9 Å². The molecule has 3 rings (SSSR count). The lowest BCUT2D eigenvalue weighted by Gasteiger charge is -2.37. The molecule has 1 aliphatic heterocycles. The molecule has 0 radical (unpaired) electrons. The van der Waals surface area contributed by atoms with Gasteiger partial charge in [-0.1, -0.05) is 0 Å². The van der Waals surface area contributed by atoms with Gasteiger partial charge in [-0.2, -0.15) is 15.1 Å². The van der Waals surface area contributed by atoms with Crippen LogP contribution >= 0.6 is 11.6 Å². The third-order valence-corrected chi connectivity index (χ3v) is 3.41. The Morgan fingerprint density at radius 3 is 3.11 bits per heavy atom. The average molecular weight is 268 g/mol. The van der Waals surface area contributed by atoms with E-state index in [0.29, 0.717) is 12.2 Å². The van der Waals surface area contributed by atoms with Crippen LogP contribution in [0.1, 0.15) is 19.8 Å². The van der Waals surface area contributed by atoms with Gasteiger partial charge in [-0.15, -0.1) is 0 Å². The summed E-state index contributed by atoms with van der Waals surface area (Å²) in [6, 6.07) is 0. The summed E-state index contributed by atoms with van der Waals surface area (Å²) in [6.07, 6.45) is 3.41. The second-order valence-electron chi connectivity index (χ2n) is 4.97. The summed E-state index contributed by atoms with van der Waals surface area (Å²) in [5, 5.41) is 17.9. The summed E-state index contributed by atoms with van der Waals surface area (Å²) >= 11 is 5.91. The van der Waals surface area contributed by atoms with E-state index in [-0.39, 0.29) is 5.28 Å². The van der Waals surface area contributed by atoms with Crippen LogP contribution in [-0.2, 0) is 0 Å². The number of nitrogens with zero attached hydrogens (tertiary/aromatic N) is 4. The molecule has 1 atom stereocenters. The van der Waals surface area contributed by atoms with Gasteiger partial charge in [-0.05, 0) is 31.4 Å². The number of halogens is 1. The highest BCUT2D eigenvalue weighted by Gasteiger charge is 2.30. The zero-order chi connectivity index (χ0) is 12.8. The van der Waals surface area contributed by atoms with E-state index in [1.54, 1.807) is 6.20 Å². The molecular formula is C11H14ClN5O. The van der Waals surface area contributed by atoms with Crippen LogP contribution in [0, 0.1) is 0 Å². The van der Waals surface area contributed by atoms with Crippen molar-refractivity contribution in [1.29, 1.82) is 0 Å². The lowest BCUT2D eigenvalue weighted by atomic mass is 9.95. The van der Waals surface area contributed by atoms with Gasteiger partial charge in [0, 0.05) is 13.1 Å². The zero-order valence-corrected chi connectivity index (χ0v) is 10.8. The van der Waals surface area contributed by atoms with Crippen LogP contribution in [-0.4, -0.2) is 44.0 Å². The van der Waals surface area contributed by atoms with E-state index in [9.17, 15) is 5.11 Å². The summed E-state index contributed by atoms with van der Waals surface area (Å²) in [5.74, 6) is 0.735. The minimum absolute atomic E-state index is 0.187. The number of fused-ring (bicyclic) bond motifs is 1. The van der Waals surface area contributed by atoms with Gasteiger partial charge >= 0.3 is 0 Å². The van der Waals surface area contributed by atoms with Gasteiger partial charge in [0.15, 0.2) is 5.65 Å². The van der Waals surface area contributed by atoms with Crippen molar-refractivity contribution in [3.8, 4) is 0 Å². The maximum absolute atomic E-state index is 10.2. The molecule has 0 spiro atoms. The second-order valence-corrected chi connectivity index (χ2v) is 5.31. The van der Waals surface area contributed by atoms with Crippen LogP contribution in [0.4, 0.5) is 5.82 Å². The SMILES string of the molecule is CC1(O)CCCN(c2nc(Cl)nc3[nH]ncc23)C1. The lowest BCUT2D eigenvalue weighted by molar-refractivity contribution is 0.0448. The van der Waals surface area contributed by atoms with E-state index in [0.717, 1.165) is 30.6 Å². The highest BCUT2D eigenvalue weighted by molar-refractivity contribution is 6.28. The molecule has 1 unspecified atom stereocenters. The van der Waals surface area contributed by atoms with Crippen LogP contribution in [0.5, 0.6) is 0 Å². The first-order chi connectivity index (χ1) is 8.55. The molecule has 0 aromatic carbocycles. The molecule has 6 nitrogen and oxygen atoms in total. The fourth-order valence-corrected chi connectivity index (χ4v) is 2.60. The number of hydrogen-bond acceptors (Lipinski definition) is 5. The van der Waals surface area contributed by atoms with Crippen molar-refractivity contribution in [2.75, 3.05) is 18.0 Å². The minimum Gasteiger partial charge on any atom is -0.388 e. The van der Waals surface area contributed by atoms with Crippen molar-refractivity contribution >= 4 is 28.5 Å². The summed E-state index contributed by atoms with van der Waals surface area (Å²) in [5.41, 5.74) is -0.0682. The van der Waals surface area contributed by atoms with E-state index in [2.05, 4.69) is 20.2 Å². The first-order valence-electron chi connectivity index (χ1n) is 5.89. The molecule has 18 heavy (non-hydrogen) atoms. The molecule has 1 fully saturated rings. The third-order valence-electron chi connectivity index (χ3n) is 3.24. The number of rotatable bonds is 1. The van der Waals surface area contributed by atoms with Crippen LogP contribution in [0.15, 0.2) is 6.20 Å². The summed E-state index contributed by atoms with van der Waals surface area (Å²) in [6.45, 7) is 3.24. The van der Waals surface area contributed by atoms with Crippen LogP contribution in [0.2, 0.25) is 5.28 Å². The Balaban J connectivity index is 2.05. The lowest BCUT2D eigenvalue weighted by Crippen LogP contribution is -2.46. The predicted octanol–water partition coefficient (Wildman–Crippen LogP) is 1.36. The molecule has 2 aromatic rings. The van der Waals surface area contributed by atoms with Crippen LogP contribution in [0.3, 0.4) is 0 Å². The number of β-amino-alcohol motifs (C(OH)–C–C–N with tert-alkyl or cyclic N) is 1. The van der Waals surface area contributed by atoms with Crippen molar-refractivity contribution in [2.45, 2.75) is 25.4 Å². The predicted molar refractivity (Wildman–Crippen MR) is 68.8 cm³/mol. The van der Waals surface area contributed by atoms with Gasteiger partial charge in [0.2, 0.25) is 5.28 Å². The Morgan fingerprint density at radius 1 is 1.50 bits per heavy atom. The van der Waals surface area contributed by atoms with Gasteiger partial charge in [0.25, 0.3) is 0 Å². The van der Waals surface area contributed by atoms with E-state index < -0.39 is 5.60 Å². The highest BCUT2D eigenvalue weighted by atomic mass is 35.5. The summed E-state index contributed by atoms with van der Waals surface area (Å²) in [4.78, 5) is 10.4. The fraction of sp³-hybridized carbons (Fsp3) is 0.545. The molecule has 0 aliphatic carbocycles. The molecule has 0 bridgehead atoms. The van der Waals surface area contributed by atoms with E-state index in [4.69, 9.17) is 11.6 Å². The highest BCUT2D eigenvalue weighted by Crippen LogP contribution is 2.29. The molecule has 3 heterocycles. The minimum atomic E-state index is -0.689. The first kappa shape index (κ1) is 11.7. The van der Waals surface area contributed by atoms with Gasteiger partial charge in [0.1, 0.15) is 5.82 Å². The molecular weight excluding hydrogens is 254 g/mol. The monoisotopic (exact) mass is 267 g/mol. The Kier molecular flexibility index (Phi) is 2.64. The number of H-pyrrole nitrogens is 1. The molecule has 2 N–H and O–H groups in total. The fourth-order valence-electron chi connectivity index (χ4n) is 2.43. The average Bonchev–Trinajstić information content (AvgIpc) is 2.74. The summed E-state index contributed by atoms with van der Waals surface area (Å²) in [7, 11) is 0. The quantitative estimate of drug-likeness (QED) is 0.763. The Bertz CT molecular complexity index is 582. The van der Waals surface area contributed by atoms with Crippen molar-refractivity contribution in [1.82, 2.24) is 20.2 Å². The standard InChI is InChI=1S/C11H14ClN5O/c1-11(18)3-2-4-17(6-11)9-7-5-13-16-8(7)14-10(12)15-9/h5,18H,2-4,6H2,1H3,(H,13,14,15,16). The Morgan fingerprint density at radius 2 is 2.33 bits per heavy atom. The van der Waals surface area contributed by atoms with Gasteiger partial charge in [-0.25, -0.2) is 0 Å². The zero-order valence-electron chi connectivity index (χ0n) is 10.0. The molecule has 96 valence electrons. The van der Waals surface area contributed by atoms with E-state index in [1.165, 1.54) is 0 Å². The smallest absolute Gasteiger partial charge is 0.226 e. The number of piperidine rings is 1. The van der Waals surface area contributed by atoms with E-state index >= 15 is 0 Å². The van der Waals surface area contributed by atoms with Gasteiger partial charge < -0.3 is 10.0 Å². The Hall–Kier alpha value is -1.40. The second kappa shape index (κ2) is 4.07. The molecule has 1 saturated heterocycles. The van der Waals surface area contributed by atoms with E-state index in [1.807, 2.05) is 11.8 Å². The molecule has 0 saturated carbocycles. The van der Waals surface area contributed by atoms with Crippen molar-refractivity contribution in [3.05, 3.63) is 11.5 Å². The molecule has 2 aromatic heterocycles. The molecule has 0 amide bonds. The first-order valence-corrected chi connectivity index (χ1v) is 6.27. The van der Waals surface area contributed by atoms with Gasteiger partial charge in [0.05, 0.1) is 17.2 Å². The Labute approximate surface area is 109 Å². The number of aromatic nitrogens is 4. The van der Waals surface area contributed by atoms with Gasteiger partial charge in [-0.3, -0.25) is 5.10 Å². The normalized spacial score (nSPS) is 24.7. The largest absolute Gasteiger partial charge is 0.388 e. The maximum Gasteiger partial charge on any atom is 0.226 e.